The molecule has 2 bridgehead atoms. The Bertz CT molecular complexity index is 2140. The Morgan fingerprint density at radius 1 is 0.596 bits per heavy atom. The monoisotopic (exact) mass is 766 g/mol. The van der Waals surface area contributed by atoms with E-state index in [4.69, 9.17) is 4.74 Å². The molecule has 4 amide bonds. The summed E-state index contributed by atoms with van der Waals surface area (Å²) >= 11 is 0. The highest BCUT2D eigenvalue weighted by molar-refractivity contribution is 5.95. The maximum absolute atomic E-state index is 14.4. The summed E-state index contributed by atoms with van der Waals surface area (Å²) in [6.07, 6.45) is 0.699. The van der Waals surface area contributed by atoms with Crippen molar-refractivity contribution in [3.05, 3.63) is 161 Å². The Hall–Kier alpha value is -6.75. The van der Waals surface area contributed by atoms with Gasteiger partial charge in [0.1, 0.15) is 29.9 Å². The minimum Gasteiger partial charge on any atom is -0.484 e. The van der Waals surface area contributed by atoms with E-state index < -0.39 is 60.4 Å². The average Bonchev–Trinajstić information content (AvgIpc) is 3.22. The lowest BCUT2D eigenvalue weighted by atomic mass is 9.98. The minimum absolute atomic E-state index is 0.0421. The predicted octanol–water partition coefficient (Wildman–Crippen LogP) is 4.74. The number of fused-ring (bicyclic) bond motifs is 16. The van der Waals surface area contributed by atoms with Crippen molar-refractivity contribution < 1.29 is 33.8 Å². The van der Waals surface area contributed by atoms with Gasteiger partial charge in [0.15, 0.2) is 6.61 Å². The third-order valence-electron chi connectivity index (χ3n) is 9.89. The number of carboxylic acids is 1. The largest absolute Gasteiger partial charge is 0.484 e. The molecule has 7 rings (SSSR count). The molecule has 0 saturated carbocycles. The number of carboxylic acid groups (broad SMARTS) is 1. The molecule has 5 aromatic rings. The maximum Gasteiger partial charge on any atom is 0.326 e. The summed E-state index contributed by atoms with van der Waals surface area (Å²) < 4.78 is 5.72. The standard InChI is InChI=1S/C46H46N4O7/c1-30-12-14-32(15-13-30)26-39-44(53)49-40(27-33-16-21-36(22-17-33)35-10-6-3-7-11-35)45(54)48-38(25-20-31-8-4-2-5-9-31)43(52)50-41(46(55)56)28-34-18-23-37(24-19-34)57-29-42(51)47-39/h2-19,21-24,38-41H,20,25-29H2,1H3,(H,47,51)(H,48,54)(H,49,53)(H,50,52)(H,55,56)/t38-,39-,40+,41+/m1/s1. The van der Waals surface area contributed by atoms with Gasteiger partial charge in [0.2, 0.25) is 17.7 Å². The minimum atomic E-state index is -1.31. The molecule has 11 nitrogen and oxygen atoms in total. The molecule has 0 radical (unpaired) electrons. The quantitative estimate of drug-likeness (QED) is 0.136. The number of carbonyl (C=O) groups excluding carboxylic acids is 4. The molecular weight excluding hydrogens is 721 g/mol. The molecule has 11 heteroatoms. The second kappa shape index (κ2) is 19.2. The Morgan fingerprint density at radius 3 is 1.74 bits per heavy atom. The second-order valence-corrected chi connectivity index (χ2v) is 14.3. The summed E-state index contributed by atoms with van der Waals surface area (Å²) in [4.78, 5) is 68.3. The molecule has 0 unspecified atom stereocenters. The van der Waals surface area contributed by atoms with Crippen LogP contribution in [-0.2, 0) is 49.7 Å². The SMILES string of the molecule is Cc1ccc(C[C@H]2NC(=O)COc3ccc(cc3)C[C@@H](C(=O)O)NC(=O)[C@@H](CCc3ccccc3)NC(=O)[C@H](Cc3ccc(-c4ccccc4)cc3)NC2=O)cc1. The fraction of sp³-hybridized carbons (Fsp3) is 0.239. The normalized spacial score (nSPS) is 19.4. The van der Waals surface area contributed by atoms with Crippen LogP contribution in [0.25, 0.3) is 11.1 Å². The molecule has 2 aliphatic heterocycles. The van der Waals surface area contributed by atoms with Crippen LogP contribution in [0, 0.1) is 6.92 Å². The number of hydrogen-bond donors (Lipinski definition) is 5. The van der Waals surface area contributed by atoms with Crippen molar-refractivity contribution in [1.82, 2.24) is 21.3 Å². The molecule has 5 N–H and O–H groups in total. The van der Waals surface area contributed by atoms with Gasteiger partial charge in [-0.2, -0.15) is 0 Å². The number of hydrogen-bond acceptors (Lipinski definition) is 6. The van der Waals surface area contributed by atoms with E-state index in [-0.39, 0.29) is 25.7 Å². The van der Waals surface area contributed by atoms with Crippen molar-refractivity contribution in [2.45, 2.75) is 63.2 Å². The molecule has 2 aliphatic rings. The Morgan fingerprint density at radius 2 is 1.12 bits per heavy atom. The summed E-state index contributed by atoms with van der Waals surface area (Å²) in [6.45, 7) is 1.55. The van der Waals surface area contributed by atoms with Crippen LogP contribution in [0.5, 0.6) is 5.75 Å². The van der Waals surface area contributed by atoms with E-state index in [1.165, 1.54) is 0 Å². The van der Waals surface area contributed by atoms with Gasteiger partial charge in [-0.25, -0.2) is 4.79 Å². The highest BCUT2D eigenvalue weighted by Crippen LogP contribution is 2.20. The first kappa shape index (κ1) is 39.9. The van der Waals surface area contributed by atoms with Crippen LogP contribution in [0.15, 0.2) is 133 Å². The van der Waals surface area contributed by atoms with Gasteiger partial charge in [0.05, 0.1) is 0 Å². The molecule has 0 fully saturated rings. The van der Waals surface area contributed by atoms with E-state index in [0.29, 0.717) is 17.7 Å². The number of rotatable bonds is 9. The highest BCUT2D eigenvalue weighted by Gasteiger charge is 2.32. The van der Waals surface area contributed by atoms with Crippen LogP contribution >= 0.6 is 0 Å². The zero-order valence-electron chi connectivity index (χ0n) is 31.7. The van der Waals surface area contributed by atoms with E-state index >= 15 is 0 Å². The van der Waals surface area contributed by atoms with E-state index in [2.05, 4.69) is 21.3 Å². The van der Waals surface area contributed by atoms with Crippen molar-refractivity contribution in [2.75, 3.05) is 6.61 Å². The van der Waals surface area contributed by atoms with Gasteiger partial charge in [-0.3, -0.25) is 19.2 Å². The number of amides is 4. The highest BCUT2D eigenvalue weighted by atomic mass is 16.5. The van der Waals surface area contributed by atoms with Crippen molar-refractivity contribution >= 4 is 29.6 Å². The van der Waals surface area contributed by atoms with Crippen LogP contribution in [0.2, 0.25) is 0 Å². The number of aliphatic carboxylic acids is 1. The third-order valence-corrected chi connectivity index (χ3v) is 9.89. The number of ether oxygens (including phenoxy) is 1. The van der Waals surface area contributed by atoms with Gasteiger partial charge in [-0.15, -0.1) is 0 Å². The molecule has 0 spiro atoms. The number of aryl methyl sites for hydroxylation is 2. The van der Waals surface area contributed by atoms with Crippen LogP contribution in [-0.4, -0.2) is 65.5 Å². The lowest BCUT2D eigenvalue weighted by Gasteiger charge is -2.26. The number of nitrogens with one attached hydrogen (secondary N) is 4. The fourth-order valence-electron chi connectivity index (χ4n) is 6.66. The van der Waals surface area contributed by atoms with Gasteiger partial charge in [0.25, 0.3) is 5.91 Å². The van der Waals surface area contributed by atoms with Gasteiger partial charge >= 0.3 is 5.97 Å². The van der Waals surface area contributed by atoms with Crippen molar-refractivity contribution in [1.29, 1.82) is 0 Å². The molecule has 0 aliphatic carbocycles. The Kier molecular flexibility index (Phi) is 13.5. The van der Waals surface area contributed by atoms with Gasteiger partial charge in [-0.05, 0) is 65.3 Å². The molecule has 2 heterocycles. The van der Waals surface area contributed by atoms with Crippen LogP contribution in [0.1, 0.15) is 34.2 Å². The molecule has 0 aromatic heterocycles. The average molecular weight is 767 g/mol. The van der Waals surface area contributed by atoms with E-state index in [1.54, 1.807) is 24.3 Å². The predicted molar refractivity (Wildman–Crippen MR) is 216 cm³/mol. The summed E-state index contributed by atoms with van der Waals surface area (Å²) in [5, 5.41) is 21.3. The van der Waals surface area contributed by atoms with E-state index in [0.717, 1.165) is 33.4 Å². The summed E-state index contributed by atoms with van der Waals surface area (Å²) in [6, 6.07) is 36.2. The van der Waals surface area contributed by atoms with Crippen molar-refractivity contribution in [2.24, 2.45) is 0 Å². The zero-order chi connectivity index (χ0) is 40.1. The summed E-state index contributed by atoms with van der Waals surface area (Å²) in [7, 11) is 0. The first-order chi connectivity index (χ1) is 27.6. The second-order valence-electron chi connectivity index (χ2n) is 14.3. The zero-order valence-corrected chi connectivity index (χ0v) is 31.7. The van der Waals surface area contributed by atoms with Crippen LogP contribution in [0.4, 0.5) is 0 Å². The Balaban J connectivity index is 1.34. The van der Waals surface area contributed by atoms with Crippen molar-refractivity contribution in [3.63, 3.8) is 0 Å². The van der Waals surface area contributed by atoms with E-state index in [1.807, 2.05) is 116 Å². The first-order valence-corrected chi connectivity index (χ1v) is 19.0. The van der Waals surface area contributed by atoms with Gasteiger partial charge in [-0.1, -0.05) is 127 Å². The molecule has 292 valence electrons. The Labute approximate surface area is 331 Å². The van der Waals surface area contributed by atoms with Crippen molar-refractivity contribution in [3.8, 4) is 16.9 Å². The van der Waals surface area contributed by atoms with Crippen LogP contribution < -0.4 is 26.0 Å². The summed E-state index contributed by atoms with van der Waals surface area (Å²) in [5.41, 5.74) is 6.07. The lowest BCUT2D eigenvalue weighted by Crippen LogP contribution is -2.59. The molecule has 4 atom stereocenters. The smallest absolute Gasteiger partial charge is 0.326 e. The van der Waals surface area contributed by atoms with Crippen LogP contribution in [0.3, 0.4) is 0 Å². The fourth-order valence-corrected chi connectivity index (χ4v) is 6.66. The maximum atomic E-state index is 14.4. The van der Waals surface area contributed by atoms with Gasteiger partial charge < -0.3 is 31.1 Å². The van der Waals surface area contributed by atoms with E-state index in [9.17, 15) is 29.1 Å². The molecular formula is C46H46N4O7. The third kappa shape index (κ3) is 11.6. The first-order valence-electron chi connectivity index (χ1n) is 19.0. The lowest BCUT2D eigenvalue weighted by molar-refractivity contribution is -0.142. The molecule has 57 heavy (non-hydrogen) atoms. The molecule has 5 aromatic carbocycles. The topological polar surface area (TPSA) is 163 Å². The number of carbonyl (C=O) groups is 5. The molecule has 0 saturated heterocycles. The summed E-state index contributed by atoms with van der Waals surface area (Å²) in [5.74, 6) is -3.37. The number of benzene rings is 5. The van der Waals surface area contributed by atoms with Gasteiger partial charge in [0, 0.05) is 19.3 Å².